The number of likely N-dealkylation sites (tertiary alicyclic amines) is 1. The Balaban J connectivity index is 1.46. The number of hydrogen-bond acceptors (Lipinski definition) is 5. The Morgan fingerprint density at radius 1 is 1.23 bits per heavy atom. The van der Waals surface area contributed by atoms with Crippen molar-refractivity contribution in [3.63, 3.8) is 0 Å². The molecular weight excluding hydrogens is 278 g/mol. The van der Waals surface area contributed by atoms with Crippen molar-refractivity contribution in [2.75, 3.05) is 6.54 Å². The molecule has 0 spiro atoms. The quantitative estimate of drug-likeness (QED) is 0.837. The van der Waals surface area contributed by atoms with Crippen molar-refractivity contribution >= 4 is 0 Å². The van der Waals surface area contributed by atoms with E-state index in [1.807, 2.05) is 4.68 Å². The summed E-state index contributed by atoms with van der Waals surface area (Å²) >= 11 is 0. The molecule has 1 unspecified atom stereocenters. The molecule has 1 aliphatic heterocycles. The van der Waals surface area contributed by atoms with Gasteiger partial charge in [0.15, 0.2) is 5.82 Å². The highest BCUT2D eigenvalue weighted by Gasteiger charge is 2.31. The predicted octanol–water partition coefficient (Wildman–Crippen LogP) is 1.49. The molecule has 1 atom stereocenters. The molecule has 1 aliphatic carbocycles. The molecule has 0 aromatic carbocycles. The normalized spacial score (nSPS) is 22.5. The van der Waals surface area contributed by atoms with E-state index in [1.165, 1.54) is 31.4 Å². The van der Waals surface area contributed by atoms with Crippen molar-refractivity contribution in [3.05, 3.63) is 23.3 Å². The largest absolute Gasteiger partial charge is 0.291 e. The van der Waals surface area contributed by atoms with Crippen molar-refractivity contribution in [1.82, 2.24) is 34.9 Å². The third kappa shape index (κ3) is 2.65. The van der Waals surface area contributed by atoms with Crippen LogP contribution in [0.5, 0.6) is 0 Å². The maximum Gasteiger partial charge on any atom is 0.165 e. The van der Waals surface area contributed by atoms with Gasteiger partial charge in [-0.2, -0.15) is 5.10 Å². The maximum atomic E-state index is 4.61. The van der Waals surface area contributed by atoms with Crippen LogP contribution in [0, 0.1) is 13.8 Å². The summed E-state index contributed by atoms with van der Waals surface area (Å²) in [6.07, 6.45) is 4.90. The Labute approximate surface area is 130 Å². The van der Waals surface area contributed by atoms with Crippen molar-refractivity contribution in [1.29, 1.82) is 0 Å². The van der Waals surface area contributed by atoms with Crippen LogP contribution in [0.1, 0.15) is 48.9 Å². The summed E-state index contributed by atoms with van der Waals surface area (Å²) in [6, 6.07) is 3.22. The number of nitrogens with zero attached hydrogens (tertiary/aromatic N) is 7. The average Bonchev–Trinajstić information content (AvgIpc) is 2.92. The lowest BCUT2D eigenvalue weighted by molar-refractivity contribution is 0.209. The summed E-state index contributed by atoms with van der Waals surface area (Å²) in [7, 11) is 0. The van der Waals surface area contributed by atoms with Crippen LogP contribution in [-0.4, -0.2) is 47.5 Å². The molecule has 1 saturated heterocycles. The first-order valence-electron chi connectivity index (χ1n) is 8.22. The Hall–Kier alpha value is -1.76. The molecule has 22 heavy (non-hydrogen) atoms. The van der Waals surface area contributed by atoms with E-state index < -0.39 is 0 Å². The van der Waals surface area contributed by atoms with Crippen LogP contribution >= 0.6 is 0 Å². The number of hydrogen-bond donors (Lipinski definition) is 0. The minimum Gasteiger partial charge on any atom is -0.291 e. The van der Waals surface area contributed by atoms with Crippen LogP contribution in [0.25, 0.3) is 0 Å². The van der Waals surface area contributed by atoms with Gasteiger partial charge in [0.05, 0.1) is 24.8 Å². The molecule has 0 bridgehead atoms. The topological polar surface area (TPSA) is 64.7 Å². The monoisotopic (exact) mass is 301 g/mol. The fraction of sp³-hybridized carbons (Fsp3) is 0.733. The molecule has 0 amide bonds. The SMILES string of the molecule is Cc1cc(C)n(CC2CCCN2Cc2nnnn2C2CC2)n1. The first-order valence-corrected chi connectivity index (χ1v) is 8.22. The van der Waals surface area contributed by atoms with Gasteiger partial charge in [0.25, 0.3) is 0 Å². The van der Waals surface area contributed by atoms with Gasteiger partial charge < -0.3 is 0 Å². The van der Waals surface area contributed by atoms with E-state index in [2.05, 4.69) is 50.1 Å². The zero-order valence-corrected chi connectivity index (χ0v) is 13.3. The lowest BCUT2D eigenvalue weighted by Gasteiger charge is -2.24. The fourth-order valence-corrected chi connectivity index (χ4v) is 3.47. The first-order chi connectivity index (χ1) is 10.7. The summed E-state index contributed by atoms with van der Waals surface area (Å²) in [5.41, 5.74) is 2.34. The van der Waals surface area contributed by atoms with E-state index in [0.29, 0.717) is 12.1 Å². The van der Waals surface area contributed by atoms with Crippen LogP contribution in [0.2, 0.25) is 0 Å². The van der Waals surface area contributed by atoms with Crippen LogP contribution in [0.4, 0.5) is 0 Å². The lowest BCUT2D eigenvalue weighted by Crippen LogP contribution is -2.34. The molecule has 7 heteroatoms. The van der Waals surface area contributed by atoms with Gasteiger partial charge in [0.1, 0.15) is 0 Å². The minimum absolute atomic E-state index is 0.530. The van der Waals surface area contributed by atoms with Gasteiger partial charge in [-0.3, -0.25) is 9.58 Å². The molecule has 2 aromatic heterocycles. The number of tetrazole rings is 1. The summed E-state index contributed by atoms with van der Waals surface area (Å²) in [5, 5.41) is 16.9. The van der Waals surface area contributed by atoms with Gasteiger partial charge in [0.2, 0.25) is 0 Å². The van der Waals surface area contributed by atoms with Crippen molar-refractivity contribution in [2.45, 2.75) is 64.7 Å². The van der Waals surface area contributed by atoms with Crippen LogP contribution in [0.3, 0.4) is 0 Å². The van der Waals surface area contributed by atoms with Crippen LogP contribution in [-0.2, 0) is 13.1 Å². The number of aromatic nitrogens is 6. The maximum absolute atomic E-state index is 4.61. The molecule has 7 nitrogen and oxygen atoms in total. The Kier molecular flexibility index (Phi) is 3.44. The second-order valence-electron chi connectivity index (χ2n) is 6.65. The fourth-order valence-electron chi connectivity index (χ4n) is 3.47. The van der Waals surface area contributed by atoms with Gasteiger partial charge in [0, 0.05) is 11.7 Å². The number of rotatable bonds is 5. The minimum atomic E-state index is 0.530. The van der Waals surface area contributed by atoms with E-state index >= 15 is 0 Å². The highest BCUT2D eigenvalue weighted by atomic mass is 15.6. The van der Waals surface area contributed by atoms with Gasteiger partial charge >= 0.3 is 0 Å². The van der Waals surface area contributed by atoms with Gasteiger partial charge in [-0.05, 0) is 62.6 Å². The molecule has 118 valence electrons. The summed E-state index contributed by atoms with van der Waals surface area (Å²) in [4.78, 5) is 2.51. The highest BCUT2D eigenvalue weighted by molar-refractivity contribution is 5.07. The zero-order valence-electron chi connectivity index (χ0n) is 13.3. The summed E-state index contributed by atoms with van der Waals surface area (Å²) < 4.78 is 4.17. The molecule has 0 N–H and O–H groups in total. The molecule has 2 aromatic rings. The molecule has 0 radical (unpaired) electrons. The average molecular weight is 301 g/mol. The Morgan fingerprint density at radius 3 is 2.82 bits per heavy atom. The molecule has 1 saturated carbocycles. The van der Waals surface area contributed by atoms with E-state index in [0.717, 1.165) is 31.2 Å². The summed E-state index contributed by atoms with van der Waals surface area (Å²) in [6.45, 7) is 7.13. The van der Waals surface area contributed by atoms with Gasteiger partial charge in [-0.15, -0.1) is 5.10 Å². The van der Waals surface area contributed by atoms with Crippen LogP contribution in [0.15, 0.2) is 6.07 Å². The van der Waals surface area contributed by atoms with Crippen molar-refractivity contribution in [2.24, 2.45) is 0 Å². The standard InChI is InChI=1S/C15H23N7/c1-11-8-12(2)21(17-11)9-14-4-3-7-20(14)10-15-16-18-19-22(15)13-5-6-13/h8,13-14H,3-7,9-10H2,1-2H3. The first kappa shape index (κ1) is 13.9. The second kappa shape index (κ2) is 5.46. The Morgan fingerprint density at radius 2 is 2.09 bits per heavy atom. The molecular formula is C15H23N7. The summed E-state index contributed by atoms with van der Waals surface area (Å²) in [5.74, 6) is 1.02. The smallest absolute Gasteiger partial charge is 0.165 e. The van der Waals surface area contributed by atoms with Gasteiger partial charge in [-0.1, -0.05) is 0 Å². The third-order valence-electron chi connectivity index (χ3n) is 4.78. The van der Waals surface area contributed by atoms with Crippen LogP contribution < -0.4 is 0 Å². The van der Waals surface area contributed by atoms with Crippen molar-refractivity contribution < 1.29 is 0 Å². The van der Waals surface area contributed by atoms with E-state index in [1.54, 1.807) is 0 Å². The molecule has 2 aliphatic rings. The number of aryl methyl sites for hydroxylation is 2. The Bertz CT molecular complexity index is 655. The highest BCUT2D eigenvalue weighted by Crippen LogP contribution is 2.35. The van der Waals surface area contributed by atoms with E-state index in [4.69, 9.17) is 0 Å². The van der Waals surface area contributed by atoms with Gasteiger partial charge in [-0.25, -0.2) is 4.68 Å². The predicted molar refractivity (Wildman–Crippen MR) is 81.2 cm³/mol. The third-order valence-corrected chi connectivity index (χ3v) is 4.78. The zero-order chi connectivity index (χ0) is 15.1. The van der Waals surface area contributed by atoms with Crippen molar-refractivity contribution in [3.8, 4) is 0 Å². The van der Waals surface area contributed by atoms with E-state index in [-0.39, 0.29) is 0 Å². The second-order valence-corrected chi connectivity index (χ2v) is 6.65. The lowest BCUT2D eigenvalue weighted by atomic mass is 10.2. The molecule has 4 rings (SSSR count). The van der Waals surface area contributed by atoms with E-state index in [9.17, 15) is 0 Å². The molecule has 2 fully saturated rings. The molecule has 3 heterocycles.